The maximum atomic E-state index is 13.1. The first-order chi connectivity index (χ1) is 12.5. The Hall–Kier alpha value is -2.53. The third kappa shape index (κ3) is 1.92. The molecule has 0 radical (unpaired) electrons. The van der Waals surface area contributed by atoms with E-state index >= 15 is 0 Å². The van der Waals surface area contributed by atoms with Crippen molar-refractivity contribution >= 4 is 22.7 Å². The summed E-state index contributed by atoms with van der Waals surface area (Å²) in [5, 5.41) is 12.0. The molecule has 5 nitrogen and oxygen atoms in total. The highest BCUT2D eigenvalue weighted by Gasteiger charge is 2.53. The van der Waals surface area contributed by atoms with Gasteiger partial charge in [0, 0.05) is 28.5 Å². The highest BCUT2D eigenvalue weighted by Crippen LogP contribution is 2.50. The first kappa shape index (κ1) is 15.7. The lowest BCUT2D eigenvalue weighted by Crippen LogP contribution is -2.49. The number of nitrogens with zero attached hydrogens (tertiary/aromatic N) is 1. The Kier molecular flexibility index (Phi) is 3.16. The molecule has 0 saturated carbocycles. The minimum atomic E-state index is -1.69. The molecule has 5 heteroatoms. The highest BCUT2D eigenvalue weighted by molar-refractivity contribution is 6.04. The molecule has 5 rings (SSSR count). The number of carbonyl (C=O) groups is 2. The molecule has 2 unspecified atom stereocenters. The predicted molar refractivity (Wildman–Crippen MR) is 94.5 cm³/mol. The number of aromatic nitrogens is 1. The van der Waals surface area contributed by atoms with Gasteiger partial charge in [-0.1, -0.05) is 25.1 Å². The van der Waals surface area contributed by atoms with E-state index in [0.717, 1.165) is 22.2 Å². The molecule has 0 bridgehead atoms. The topological polar surface area (TPSA) is 76.5 Å². The lowest BCUT2D eigenvalue weighted by molar-refractivity contribution is -0.164. The molecule has 0 spiro atoms. The number of carbonyl (C=O) groups excluding carboxylic acids is 2. The second kappa shape index (κ2) is 5.24. The summed E-state index contributed by atoms with van der Waals surface area (Å²) in [5.74, 6) is -0.900. The maximum Gasteiger partial charge on any atom is 0.342 e. The van der Waals surface area contributed by atoms with Gasteiger partial charge in [0.2, 0.25) is 0 Å². The van der Waals surface area contributed by atoms with Gasteiger partial charge in [-0.2, -0.15) is 0 Å². The molecule has 0 amide bonds. The van der Waals surface area contributed by atoms with Crippen LogP contribution in [0.3, 0.4) is 0 Å². The van der Waals surface area contributed by atoms with Crippen molar-refractivity contribution in [2.24, 2.45) is 5.92 Å². The minimum absolute atomic E-state index is 0.00215. The number of ether oxygens (including phenoxy) is 1. The zero-order chi connectivity index (χ0) is 18.1. The van der Waals surface area contributed by atoms with E-state index in [-0.39, 0.29) is 30.6 Å². The lowest BCUT2D eigenvalue weighted by atomic mass is 9.70. The second-order valence-corrected chi connectivity index (χ2v) is 7.46. The molecule has 1 aromatic carbocycles. The van der Waals surface area contributed by atoms with Gasteiger partial charge in [-0.3, -0.25) is 9.78 Å². The largest absolute Gasteiger partial charge is 0.458 e. The van der Waals surface area contributed by atoms with Crippen LogP contribution in [0.5, 0.6) is 0 Å². The number of para-hydroxylation sites is 1. The van der Waals surface area contributed by atoms with Crippen LogP contribution >= 0.6 is 0 Å². The quantitative estimate of drug-likeness (QED) is 0.801. The van der Waals surface area contributed by atoms with Crippen LogP contribution in [-0.4, -0.2) is 34.1 Å². The van der Waals surface area contributed by atoms with Crippen molar-refractivity contribution in [3.63, 3.8) is 0 Å². The number of hydrogen-bond acceptors (Lipinski definition) is 5. The van der Waals surface area contributed by atoms with E-state index in [1.807, 2.05) is 24.3 Å². The molecule has 132 valence electrons. The number of aliphatic hydroxyl groups is 1. The monoisotopic (exact) mass is 349 g/mol. The van der Waals surface area contributed by atoms with E-state index in [0.29, 0.717) is 24.0 Å². The molecule has 2 aliphatic carbocycles. The van der Waals surface area contributed by atoms with Crippen LogP contribution in [0.25, 0.3) is 10.9 Å². The molecule has 1 N–H and O–H groups in total. The van der Waals surface area contributed by atoms with Crippen molar-refractivity contribution in [3.8, 4) is 0 Å². The number of hydrogen-bond donors (Lipinski definition) is 1. The predicted octanol–water partition coefficient (Wildman–Crippen LogP) is 2.46. The Labute approximate surface area is 150 Å². The van der Waals surface area contributed by atoms with Gasteiger partial charge >= 0.3 is 5.97 Å². The number of cyclic esters (lactones) is 1. The third-order valence-electron chi connectivity index (χ3n) is 6.23. The fourth-order valence-corrected chi connectivity index (χ4v) is 4.77. The summed E-state index contributed by atoms with van der Waals surface area (Å²) in [4.78, 5) is 30.1. The average molecular weight is 349 g/mol. The Morgan fingerprint density at radius 3 is 2.85 bits per heavy atom. The number of benzene rings is 1. The number of fused-ring (bicyclic) bond motifs is 4. The highest BCUT2D eigenvalue weighted by atomic mass is 16.6. The van der Waals surface area contributed by atoms with Gasteiger partial charge < -0.3 is 9.84 Å². The summed E-state index contributed by atoms with van der Waals surface area (Å²) in [6.45, 7) is 1.71. The molecule has 3 aliphatic rings. The van der Waals surface area contributed by atoms with Crippen LogP contribution in [0, 0.1) is 5.92 Å². The molecule has 1 aromatic heterocycles. The molecule has 0 fully saturated rings. The maximum absolute atomic E-state index is 13.1. The van der Waals surface area contributed by atoms with Crippen molar-refractivity contribution in [2.45, 2.75) is 37.7 Å². The smallest absolute Gasteiger partial charge is 0.342 e. The molecule has 2 heterocycles. The molecule has 1 aliphatic heterocycles. The van der Waals surface area contributed by atoms with Gasteiger partial charge in [0.15, 0.2) is 11.4 Å². The second-order valence-electron chi connectivity index (χ2n) is 7.46. The normalized spacial score (nSPS) is 30.1. The molecular weight excluding hydrogens is 330 g/mol. The molecule has 26 heavy (non-hydrogen) atoms. The van der Waals surface area contributed by atoms with E-state index < -0.39 is 11.6 Å². The Morgan fingerprint density at radius 2 is 2.04 bits per heavy atom. The van der Waals surface area contributed by atoms with E-state index in [4.69, 9.17) is 9.72 Å². The minimum Gasteiger partial charge on any atom is -0.458 e. The number of pyridine rings is 1. The van der Waals surface area contributed by atoms with E-state index in [1.165, 1.54) is 0 Å². The average Bonchev–Trinajstić information content (AvgIpc) is 3.01. The van der Waals surface area contributed by atoms with Crippen LogP contribution in [0.1, 0.15) is 36.9 Å². The zero-order valence-corrected chi connectivity index (χ0v) is 14.5. The van der Waals surface area contributed by atoms with Crippen molar-refractivity contribution in [1.82, 2.24) is 4.98 Å². The van der Waals surface area contributed by atoms with Crippen molar-refractivity contribution in [1.29, 1.82) is 0 Å². The van der Waals surface area contributed by atoms with E-state index in [9.17, 15) is 14.7 Å². The summed E-state index contributed by atoms with van der Waals surface area (Å²) in [6.07, 6.45) is 1.35. The number of rotatable bonds is 1. The number of ketones is 1. The SMILES string of the molecule is CC[C@@]1(O)C(=O)OCC2=C1CC1c3nc4ccccc4cc3CC1C2=O. The van der Waals surface area contributed by atoms with E-state index in [2.05, 4.69) is 6.07 Å². The van der Waals surface area contributed by atoms with Crippen LogP contribution in [0.4, 0.5) is 0 Å². The molecular formula is C21H19NO4. The first-order valence-corrected chi connectivity index (χ1v) is 9.08. The van der Waals surface area contributed by atoms with Gasteiger partial charge in [-0.15, -0.1) is 0 Å². The molecule has 0 saturated heterocycles. The summed E-state index contributed by atoms with van der Waals surface area (Å²) < 4.78 is 5.13. The first-order valence-electron chi connectivity index (χ1n) is 9.08. The lowest BCUT2D eigenvalue weighted by Gasteiger charge is -2.39. The van der Waals surface area contributed by atoms with Crippen molar-refractivity contribution < 1.29 is 19.4 Å². The van der Waals surface area contributed by atoms with Crippen LogP contribution in [-0.2, 0) is 20.7 Å². The summed E-state index contributed by atoms with van der Waals surface area (Å²) >= 11 is 0. The number of esters is 1. The molecule has 2 aromatic rings. The summed E-state index contributed by atoms with van der Waals surface area (Å²) in [7, 11) is 0. The van der Waals surface area contributed by atoms with Gasteiger partial charge in [0.1, 0.15) is 6.61 Å². The van der Waals surface area contributed by atoms with Crippen molar-refractivity contribution in [3.05, 3.63) is 52.7 Å². The fraction of sp³-hybridized carbons (Fsp3) is 0.381. The third-order valence-corrected chi connectivity index (χ3v) is 6.23. The van der Waals surface area contributed by atoms with E-state index in [1.54, 1.807) is 6.92 Å². The summed E-state index contributed by atoms with van der Waals surface area (Å²) in [5.41, 5.74) is 2.30. The molecule has 3 atom stereocenters. The number of Topliss-reactive ketones (excluding diaryl/α,β-unsaturated/α-hetero) is 1. The van der Waals surface area contributed by atoms with Crippen LogP contribution in [0.2, 0.25) is 0 Å². The van der Waals surface area contributed by atoms with Gasteiger partial charge in [0.25, 0.3) is 0 Å². The van der Waals surface area contributed by atoms with Crippen LogP contribution in [0.15, 0.2) is 41.5 Å². The van der Waals surface area contributed by atoms with Gasteiger partial charge in [-0.05, 0) is 42.5 Å². The van der Waals surface area contributed by atoms with Crippen LogP contribution < -0.4 is 0 Å². The Bertz CT molecular complexity index is 1010. The standard InChI is InChI=1S/C21H19NO4/c1-2-21(25)16-9-13-14(19(23)15(16)10-26-20(21)24)8-12-7-11-5-3-4-6-17(11)22-18(12)13/h3-7,13-14,25H,2,8-10H2,1H3/t13?,14?,21-/m0/s1. The van der Waals surface area contributed by atoms with Gasteiger partial charge in [-0.25, -0.2) is 4.79 Å². The zero-order valence-electron chi connectivity index (χ0n) is 14.5. The Balaban J connectivity index is 1.64. The van der Waals surface area contributed by atoms with Crippen molar-refractivity contribution in [2.75, 3.05) is 6.61 Å². The fourth-order valence-electron chi connectivity index (χ4n) is 4.77. The summed E-state index contributed by atoms with van der Waals surface area (Å²) in [6, 6.07) is 10.1. The van der Waals surface area contributed by atoms with Gasteiger partial charge in [0.05, 0.1) is 5.52 Å². The Morgan fingerprint density at radius 1 is 1.23 bits per heavy atom.